The monoisotopic (exact) mass is 529 g/mol. The fourth-order valence-corrected chi connectivity index (χ4v) is 3.47. The maximum Gasteiger partial charge on any atom is 0.328 e. The smallest absolute Gasteiger partial charge is 0.328 e. The first-order valence-electron chi connectivity index (χ1n) is 11.1. The molecule has 4 atom stereocenters. The Kier molecular flexibility index (Phi) is 13.9. The van der Waals surface area contributed by atoms with E-state index in [9.17, 15) is 24.3 Å². The highest BCUT2D eigenvalue weighted by Gasteiger charge is 2.30. The number of imidazole rings is 1. The Hall–Kier alpha value is -3.37. The van der Waals surface area contributed by atoms with Crippen LogP contribution in [0, 0.1) is 0 Å². The number of nitrogens with zero attached hydrogens (tertiary/aromatic N) is 2. The van der Waals surface area contributed by atoms with E-state index < -0.39 is 54.5 Å². The number of aliphatic hydroxyl groups is 1. The molecule has 1 rings (SSSR count). The van der Waals surface area contributed by atoms with Gasteiger partial charge in [-0.3, -0.25) is 19.4 Å². The number of carboxylic acid groups (broad SMARTS) is 1. The fourth-order valence-electron chi connectivity index (χ4n) is 2.98. The van der Waals surface area contributed by atoms with Crippen LogP contribution in [-0.2, 0) is 25.6 Å². The Bertz CT molecular complexity index is 879. The minimum atomic E-state index is -1.57. The van der Waals surface area contributed by atoms with E-state index in [1.165, 1.54) is 24.3 Å². The fraction of sp³-hybridized carbons (Fsp3) is 0.600. The lowest BCUT2D eigenvalue weighted by atomic mass is 10.1. The molecule has 15 nitrogen and oxygen atoms in total. The van der Waals surface area contributed by atoms with Gasteiger partial charge in [0.15, 0.2) is 5.96 Å². The van der Waals surface area contributed by atoms with Gasteiger partial charge in [0.25, 0.3) is 0 Å². The summed E-state index contributed by atoms with van der Waals surface area (Å²) in [5.74, 6) is -2.99. The molecule has 0 saturated carbocycles. The van der Waals surface area contributed by atoms with Crippen LogP contribution >= 0.6 is 11.8 Å². The van der Waals surface area contributed by atoms with Crippen LogP contribution in [0.4, 0.5) is 0 Å². The van der Waals surface area contributed by atoms with Gasteiger partial charge in [-0.25, -0.2) is 9.78 Å². The highest BCUT2D eigenvalue weighted by Crippen LogP contribution is 2.05. The van der Waals surface area contributed by atoms with Crippen LogP contribution in [0.2, 0.25) is 0 Å². The molecule has 0 aliphatic rings. The summed E-state index contributed by atoms with van der Waals surface area (Å²) >= 11 is 1.52. The molecule has 36 heavy (non-hydrogen) atoms. The molecule has 3 amide bonds. The first-order chi connectivity index (χ1) is 17.1. The predicted octanol–water partition coefficient (Wildman–Crippen LogP) is -3.38. The number of aromatic amines is 1. The zero-order chi connectivity index (χ0) is 27.1. The van der Waals surface area contributed by atoms with Gasteiger partial charge in [0.05, 0.1) is 19.0 Å². The van der Waals surface area contributed by atoms with Gasteiger partial charge in [0.1, 0.15) is 18.1 Å². The van der Waals surface area contributed by atoms with Gasteiger partial charge in [-0.15, -0.1) is 0 Å². The molecule has 0 spiro atoms. The number of carbonyl (C=O) groups excluding carboxylic acids is 3. The van der Waals surface area contributed by atoms with Crippen molar-refractivity contribution in [1.29, 1.82) is 0 Å². The van der Waals surface area contributed by atoms with E-state index in [2.05, 4.69) is 30.9 Å². The summed E-state index contributed by atoms with van der Waals surface area (Å²) < 4.78 is 0. The summed E-state index contributed by atoms with van der Waals surface area (Å²) in [5, 5.41) is 25.7. The van der Waals surface area contributed by atoms with Crippen LogP contribution < -0.4 is 33.2 Å². The van der Waals surface area contributed by atoms with E-state index in [1.54, 1.807) is 0 Å². The largest absolute Gasteiger partial charge is 0.480 e. The topological polar surface area (TPSA) is 264 Å². The Morgan fingerprint density at radius 1 is 1.08 bits per heavy atom. The lowest BCUT2D eigenvalue weighted by Crippen LogP contribution is -2.58. The van der Waals surface area contributed by atoms with Crippen molar-refractivity contribution < 1.29 is 29.4 Å². The van der Waals surface area contributed by atoms with E-state index >= 15 is 0 Å². The maximum absolute atomic E-state index is 13.1. The van der Waals surface area contributed by atoms with Crippen LogP contribution in [0.15, 0.2) is 17.5 Å². The predicted molar refractivity (Wildman–Crippen MR) is 134 cm³/mol. The van der Waals surface area contributed by atoms with Crippen molar-refractivity contribution in [1.82, 2.24) is 25.9 Å². The maximum atomic E-state index is 13.1. The zero-order valence-corrected chi connectivity index (χ0v) is 20.8. The summed E-state index contributed by atoms with van der Waals surface area (Å²) in [6.07, 6.45) is 5.50. The number of aliphatic carboxylic acids is 1. The van der Waals surface area contributed by atoms with Gasteiger partial charge in [0.2, 0.25) is 17.7 Å². The molecule has 0 bridgehead atoms. The number of aliphatic imine (C=N–C) groups is 1. The third-order valence-electron chi connectivity index (χ3n) is 4.96. The lowest BCUT2D eigenvalue weighted by molar-refractivity contribution is -0.143. The van der Waals surface area contributed by atoms with E-state index in [-0.39, 0.29) is 25.3 Å². The molecule has 1 heterocycles. The number of H-pyrrole nitrogens is 1. The second-order valence-corrected chi connectivity index (χ2v) is 8.81. The normalized spacial score (nSPS) is 14.1. The highest BCUT2D eigenvalue weighted by atomic mass is 32.2. The number of nitrogens with two attached hydrogens (primary N) is 3. The average molecular weight is 530 g/mol. The van der Waals surface area contributed by atoms with Crippen molar-refractivity contribution >= 4 is 41.4 Å². The van der Waals surface area contributed by atoms with Crippen molar-refractivity contribution in [3.05, 3.63) is 18.2 Å². The Morgan fingerprint density at radius 3 is 2.28 bits per heavy atom. The number of aromatic nitrogens is 2. The van der Waals surface area contributed by atoms with E-state index in [4.69, 9.17) is 22.3 Å². The quantitative estimate of drug-likeness (QED) is 0.0545. The number of thioether (sulfide) groups is 1. The minimum absolute atomic E-state index is 0.0583. The summed E-state index contributed by atoms with van der Waals surface area (Å²) in [6, 6.07) is -4.72. The van der Waals surface area contributed by atoms with Gasteiger partial charge >= 0.3 is 5.97 Å². The molecule has 0 aliphatic carbocycles. The minimum Gasteiger partial charge on any atom is -0.480 e. The Labute approximate surface area is 212 Å². The molecular formula is C20H35N9O6S. The average Bonchev–Trinajstić information content (AvgIpc) is 3.34. The Morgan fingerprint density at radius 2 is 1.72 bits per heavy atom. The van der Waals surface area contributed by atoms with Crippen LogP contribution in [0.3, 0.4) is 0 Å². The molecule has 0 radical (unpaired) electrons. The molecule has 12 N–H and O–H groups in total. The van der Waals surface area contributed by atoms with E-state index in [1.807, 2.05) is 6.26 Å². The zero-order valence-electron chi connectivity index (χ0n) is 20.0. The van der Waals surface area contributed by atoms with Gasteiger partial charge < -0.3 is 48.3 Å². The summed E-state index contributed by atoms with van der Waals surface area (Å²) in [6.45, 7) is -0.640. The number of guanidine groups is 1. The second kappa shape index (κ2) is 16.3. The molecule has 16 heteroatoms. The van der Waals surface area contributed by atoms with Crippen LogP contribution in [0.5, 0.6) is 0 Å². The van der Waals surface area contributed by atoms with Crippen molar-refractivity contribution in [2.24, 2.45) is 22.2 Å². The lowest BCUT2D eigenvalue weighted by Gasteiger charge is -2.24. The number of carboxylic acids is 1. The summed E-state index contributed by atoms with van der Waals surface area (Å²) in [5.41, 5.74) is 17.0. The number of hydrogen-bond donors (Lipinski definition) is 9. The molecule has 1 aromatic rings. The van der Waals surface area contributed by atoms with Crippen LogP contribution in [-0.4, -0.2) is 99.2 Å². The van der Waals surface area contributed by atoms with Gasteiger partial charge in [-0.1, -0.05) is 0 Å². The number of rotatable bonds is 17. The first-order valence-corrected chi connectivity index (χ1v) is 12.5. The second-order valence-electron chi connectivity index (χ2n) is 7.82. The third kappa shape index (κ3) is 11.4. The molecule has 1 aromatic heterocycles. The number of nitrogens with one attached hydrogen (secondary N) is 4. The van der Waals surface area contributed by atoms with Crippen molar-refractivity contribution in [2.75, 3.05) is 25.2 Å². The van der Waals surface area contributed by atoms with Crippen molar-refractivity contribution in [3.63, 3.8) is 0 Å². The Balaban J connectivity index is 3.03. The molecule has 0 saturated heterocycles. The first kappa shape index (κ1) is 30.7. The highest BCUT2D eigenvalue weighted by molar-refractivity contribution is 7.98. The standard InChI is InChI=1S/C20H35N9O6S/c1-36-6-4-12(21)16(31)27-13(3-2-5-25-20(22)23)17(32)28-14(7-11-8-24-10-26-11)18(33)29-15(9-30)19(34)35/h8,10,12-15,30H,2-7,9,21H2,1H3,(H,24,26)(H,27,31)(H,28,32)(H,29,33)(H,34,35)(H4,22,23,25). The van der Waals surface area contributed by atoms with Crippen molar-refractivity contribution in [3.8, 4) is 0 Å². The number of amides is 3. The van der Waals surface area contributed by atoms with Gasteiger partial charge in [-0.2, -0.15) is 11.8 Å². The summed E-state index contributed by atoms with van der Waals surface area (Å²) in [7, 11) is 0. The third-order valence-corrected chi connectivity index (χ3v) is 5.60. The number of aliphatic hydroxyl groups excluding tert-OH is 1. The molecule has 202 valence electrons. The van der Waals surface area contributed by atoms with Gasteiger partial charge in [0, 0.05) is 24.9 Å². The van der Waals surface area contributed by atoms with Gasteiger partial charge in [-0.05, 0) is 31.3 Å². The molecule has 4 unspecified atom stereocenters. The van der Waals surface area contributed by atoms with E-state index in [0.29, 0.717) is 24.3 Å². The summed E-state index contributed by atoms with van der Waals surface area (Å²) in [4.78, 5) is 60.2. The molecule has 0 aliphatic heterocycles. The molecular weight excluding hydrogens is 494 g/mol. The van der Waals surface area contributed by atoms with Crippen LogP contribution in [0.1, 0.15) is 25.0 Å². The number of carbonyl (C=O) groups is 4. The number of hydrogen-bond acceptors (Lipinski definition) is 9. The molecule has 0 aromatic carbocycles. The van der Waals surface area contributed by atoms with E-state index in [0.717, 1.165) is 0 Å². The van der Waals surface area contributed by atoms with Crippen LogP contribution in [0.25, 0.3) is 0 Å². The molecule has 0 fully saturated rings. The van der Waals surface area contributed by atoms with Crippen molar-refractivity contribution in [2.45, 2.75) is 49.9 Å². The SMILES string of the molecule is CSCCC(N)C(=O)NC(CCCN=C(N)N)C(=O)NC(Cc1cnc[nH]1)C(=O)NC(CO)C(=O)O.